The van der Waals surface area contributed by atoms with Crippen LogP contribution in [-0.2, 0) is 0 Å². The first-order valence-corrected chi connectivity index (χ1v) is 15.7. The number of nitrogens with one attached hydrogen (secondary N) is 1. The van der Waals surface area contributed by atoms with E-state index in [0.29, 0.717) is 6.67 Å². The normalized spacial score (nSPS) is 10.7. The smallest absolute Gasteiger partial charge is 0.107 e. The van der Waals surface area contributed by atoms with Gasteiger partial charge in [0.05, 0.1) is 0 Å². The van der Waals surface area contributed by atoms with E-state index in [-0.39, 0.29) is 0 Å². The van der Waals surface area contributed by atoms with Crippen LogP contribution in [0.2, 0.25) is 0 Å². The molecule has 2 aromatic carbocycles. The van der Waals surface area contributed by atoms with E-state index in [1.165, 1.54) is 54.4 Å². The molecule has 0 fully saturated rings. The monoisotopic (exact) mass is 565 g/mol. The average Bonchev–Trinajstić information content (AvgIpc) is 2.96. The number of hydrogen-bond donors (Lipinski definition) is 2. The van der Waals surface area contributed by atoms with Gasteiger partial charge in [0.25, 0.3) is 0 Å². The zero-order valence-corrected chi connectivity index (χ0v) is 28.1. The van der Waals surface area contributed by atoms with Gasteiger partial charge in [0.2, 0.25) is 0 Å². The van der Waals surface area contributed by atoms with Gasteiger partial charge in [-0.1, -0.05) is 105 Å². The van der Waals surface area contributed by atoms with Gasteiger partial charge in [-0.05, 0) is 91.9 Å². The molecule has 0 heterocycles. The third-order valence-corrected chi connectivity index (χ3v) is 6.33. The molecule has 0 amide bonds. The maximum Gasteiger partial charge on any atom is 0.107 e. The van der Waals surface area contributed by atoms with Crippen LogP contribution >= 0.6 is 12.6 Å². The molecule has 0 unspecified atom stereocenters. The summed E-state index contributed by atoms with van der Waals surface area (Å²) in [5.74, 6) is 0. The van der Waals surface area contributed by atoms with Crippen LogP contribution in [-0.4, -0.2) is 19.6 Å². The molecule has 0 saturated heterocycles. The van der Waals surface area contributed by atoms with E-state index in [1.807, 2.05) is 44.3 Å². The van der Waals surface area contributed by atoms with Crippen molar-refractivity contribution in [1.82, 2.24) is 0 Å². The van der Waals surface area contributed by atoms with Gasteiger partial charge in [-0.15, -0.1) is 12.6 Å². The summed E-state index contributed by atoms with van der Waals surface area (Å²) in [7, 11) is 0. The summed E-state index contributed by atoms with van der Waals surface area (Å²) in [6, 6.07) is 14.5. The number of aliphatic imine (C=N–C) groups is 2. The molecule has 0 aromatic heterocycles. The summed E-state index contributed by atoms with van der Waals surface area (Å²) >= 11 is 4.20. The fourth-order valence-corrected chi connectivity index (χ4v) is 3.91. The fourth-order valence-electron chi connectivity index (χ4n) is 3.76. The van der Waals surface area contributed by atoms with E-state index in [1.54, 1.807) is 0 Å². The Labute approximate surface area is 253 Å². The van der Waals surface area contributed by atoms with Crippen LogP contribution in [0.1, 0.15) is 117 Å². The Balaban J connectivity index is 0. The SMILES string of the molecule is C=C(CC)c1ccc(S)cc1.C=N/C(CC)=C(\C=N/CNc1cc(C)cc(C)c1)CC.CC.CCCCCCC. The van der Waals surface area contributed by atoms with Gasteiger partial charge < -0.3 is 5.32 Å². The number of aryl methyl sites for hydroxylation is 2. The Bertz CT molecular complexity index is 963. The molecule has 4 heteroatoms. The van der Waals surface area contributed by atoms with Gasteiger partial charge in [-0.2, -0.15) is 0 Å². The molecule has 0 radical (unpaired) electrons. The number of benzene rings is 2. The van der Waals surface area contributed by atoms with E-state index in [4.69, 9.17) is 0 Å². The second-order valence-corrected chi connectivity index (χ2v) is 9.94. The van der Waals surface area contributed by atoms with Crippen molar-refractivity contribution in [3.05, 3.63) is 77.0 Å². The molecular formula is C36H59N3S. The van der Waals surface area contributed by atoms with E-state index in [9.17, 15) is 0 Å². The summed E-state index contributed by atoms with van der Waals surface area (Å²) in [5.41, 5.74) is 8.21. The number of rotatable bonds is 13. The molecule has 3 nitrogen and oxygen atoms in total. The first-order chi connectivity index (χ1) is 19.3. The van der Waals surface area contributed by atoms with Gasteiger partial charge in [0.1, 0.15) is 6.67 Å². The Kier molecular flexibility index (Phi) is 26.3. The quantitative estimate of drug-likeness (QED) is 0.141. The molecule has 0 aliphatic heterocycles. The Hall–Kier alpha value is -2.59. The number of thiol groups is 1. The van der Waals surface area contributed by atoms with Crippen molar-refractivity contribution in [2.75, 3.05) is 12.0 Å². The van der Waals surface area contributed by atoms with Crippen LogP contribution in [0.15, 0.2) is 75.2 Å². The van der Waals surface area contributed by atoms with E-state index in [2.05, 4.69) is 108 Å². The molecule has 0 saturated carbocycles. The molecule has 0 aliphatic carbocycles. The molecule has 2 aromatic rings. The van der Waals surface area contributed by atoms with Crippen LogP contribution in [0.5, 0.6) is 0 Å². The van der Waals surface area contributed by atoms with Gasteiger partial charge >= 0.3 is 0 Å². The van der Waals surface area contributed by atoms with Gasteiger partial charge in [-0.25, -0.2) is 0 Å². The zero-order valence-electron chi connectivity index (χ0n) is 27.2. The minimum absolute atomic E-state index is 0.570. The fraction of sp³-hybridized carbons (Fsp3) is 0.500. The maximum absolute atomic E-state index is 4.43. The average molecular weight is 566 g/mol. The van der Waals surface area contributed by atoms with Crippen LogP contribution in [0.4, 0.5) is 5.69 Å². The lowest BCUT2D eigenvalue weighted by molar-refractivity contribution is 0.656. The largest absolute Gasteiger partial charge is 0.366 e. The third-order valence-electron chi connectivity index (χ3n) is 6.03. The summed E-state index contributed by atoms with van der Waals surface area (Å²) < 4.78 is 0. The molecule has 0 aliphatic rings. The highest BCUT2D eigenvalue weighted by molar-refractivity contribution is 7.80. The molecule has 0 spiro atoms. The molecule has 2 rings (SSSR count). The lowest BCUT2D eigenvalue weighted by atomic mass is 10.1. The van der Waals surface area contributed by atoms with Crippen molar-refractivity contribution in [3.63, 3.8) is 0 Å². The predicted octanol–water partition coefficient (Wildman–Crippen LogP) is 11.9. The summed E-state index contributed by atoms with van der Waals surface area (Å²) in [5, 5.41) is 3.31. The molecule has 40 heavy (non-hydrogen) atoms. The number of unbranched alkanes of at least 4 members (excludes halogenated alkanes) is 4. The van der Waals surface area contributed by atoms with Crippen molar-refractivity contribution < 1.29 is 0 Å². The van der Waals surface area contributed by atoms with Gasteiger partial charge in [-0.3, -0.25) is 9.98 Å². The van der Waals surface area contributed by atoms with Crippen LogP contribution in [0.25, 0.3) is 5.57 Å². The van der Waals surface area contributed by atoms with E-state index >= 15 is 0 Å². The summed E-state index contributed by atoms with van der Waals surface area (Å²) in [4.78, 5) is 9.49. The number of allylic oxidation sites excluding steroid dienone is 3. The standard InChI is InChI=1S/C17H25N3.C10H12S.C7H16.C2H6/c1-6-15(17(7-2)18-5)11-19-12-20-16-9-13(3)8-14(4)10-16;1-3-8(2)9-4-6-10(11)7-5-9;1-3-5-7-6-4-2;1-2/h8-11,20H,5-7,12H2,1-4H3;4-7,11H,2-3H2,1H3;3-7H2,1-2H3;1-2H3/b17-15-,19-11-;;;. The first-order valence-electron chi connectivity index (χ1n) is 15.2. The number of anilines is 1. The Morgan fingerprint density at radius 1 is 0.825 bits per heavy atom. The van der Waals surface area contributed by atoms with Crippen LogP contribution < -0.4 is 5.32 Å². The third kappa shape index (κ3) is 19.5. The maximum atomic E-state index is 4.43. The summed E-state index contributed by atoms with van der Waals surface area (Å²) in [6.45, 7) is 27.1. The highest BCUT2D eigenvalue weighted by Crippen LogP contribution is 2.17. The lowest BCUT2D eigenvalue weighted by Gasteiger charge is -2.07. The second-order valence-electron chi connectivity index (χ2n) is 9.42. The van der Waals surface area contributed by atoms with Crippen molar-refractivity contribution in [1.29, 1.82) is 0 Å². The minimum Gasteiger partial charge on any atom is -0.366 e. The molecule has 0 atom stereocenters. The van der Waals surface area contributed by atoms with Crippen molar-refractivity contribution in [2.45, 2.75) is 119 Å². The molecular weight excluding hydrogens is 506 g/mol. The zero-order chi connectivity index (χ0) is 30.8. The van der Waals surface area contributed by atoms with Crippen LogP contribution in [0, 0.1) is 13.8 Å². The van der Waals surface area contributed by atoms with E-state index in [0.717, 1.165) is 41.1 Å². The highest BCUT2D eigenvalue weighted by Gasteiger charge is 1.99. The van der Waals surface area contributed by atoms with Crippen molar-refractivity contribution in [3.8, 4) is 0 Å². The summed E-state index contributed by atoms with van der Waals surface area (Å²) in [6.07, 6.45) is 11.7. The topological polar surface area (TPSA) is 36.8 Å². The Morgan fingerprint density at radius 2 is 1.38 bits per heavy atom. The van der Waals surface area contributed by atoms with Gasteiger partial charge in [0.15, 0.2) is 0 Å². The van der Waals surface area contributed by atoms with E-state index < -0.39 is 0 Å². The Morgan fingerprint density at radius 3 is 1.80 bits per heavy atom. The number of hydrogen-bond acceptors (Lipinski definition) is 4. The highest BCUT2D eigenvalue weighted by atomic mass is 32.1. The van der Waals surface area contributed by atoms with Crippen molar-refractivity contribution >= 4 is 36.8 Å². The number of nitrogens with zero attached hydrogens (tertiary/aromatic N) is 2. The molecule has 0 bridgehead atoms. The predicted molar refractivity (Wildman–Crippen MR) is 189 cm³/mol. The van der Waals surface area contributed by atoms with Crippen molar-refractivity contribution in [2.24, 2.45) is 9.98 Å². The lowest BCUT2D eigenvalue weighted by Crippen LogP contribution is -2.00. The van der Waals surface area contributed by atoms with Gasteiger partial charge in [0, 0.05) is 22.5 Å². The first kappa shape index (κ1) is 39.6. The molecule has 224 valence electrons. The van der Waals surface area contributed by atoms with Crippen LogP contribution in [0.3, 0.4) is 0 Å². The minimum atomic E-state index is 0.570. The molecule has 1 N–H and O–H groups in total. The second kappa shape index (κ2) is 26.6.